The summed E-state index contributed by atoms with van der Waals surface area (Å²) >= 11 is 1.30. The number of anilines is 1. The fraction of sp³-hybridized carbons (Fsp3) is 0.538. The second kappa shape index (κ2) is 5.80. The lowest BCUT2D eigenvalue weighted by Crippen LogP contribution is -2.64. The van der Waals surface area contributed by atoms with Crippen LogP contribution in [0, 0.1) is 0 Å². The molecule has 1 aromatic rings. The number of amides is 2. The molecule has 21 heavy (non-hydrogen) atoms. The van der Waals surface area contributed by atoms with Crippen LogP contribution < -0.4 is 10.2 Å². The van der Waals surface area contributed by atoms with E-state index in [4.69, 9.17) is 4.74 Å². The number of rotatable bonds is 4. The Morgan fingerprint density at radius 1 is 1.52 bits per heavy atom. The number of hydrogen-bond donors (Lipinski definition) is 1. The normalized spacial score (nSPS) is 17.6. The van der Waals surface area contributed by atoms with Crippen LogP contribution in [0.25, 0.3) is 0 Å². The summed E-state index contributed by atoms with van der Waals surface area (Å²) in [5.41, 5.74) is -0.296. The van der Waals surface area contributed by atoms with E-state index >= 15 is 0 Å². The second-order valence-electron chi connectivity index (χ2n) is 5.13. The van der Waals surface area contributed by atoms with Crippen molar-refractivity contribution in [3.63, 3.8) is 0 Å². The number of thiazole rings is 1. The lowest BCUT2D eigenvalue weighted by atomic mass is 10.00. The molecular weight excluding hydrogens is 294 g/mol. The molecule has 1 aromatic heterocycles. The largest absolute Gasteiger partial charge is 0.466 e. The summed E-state index contributed by atoms with van der Waals surface area (Å²) in [4.78, 5) is 40.9. The third kappa shape index (κ3) is 3.21. The minimum Gasteiger partial charge on any atom is -0.466 e. The monoisotopic (exact) mass is 311 g/mol. The van der Waals surface area contributed by atoms with E-state index in [2.05, 4.69) is 10.3 Å². The van der Waals surface area contributed by atoms with Crippen LogP contribution in [-0.2, 0) is 25.5 Å². The summed E-state index contributed by atoms with van der Waals surface area (Å²) in [5, 5.41) is 4.59. The molecule has 0 unspecified atom stereocenters. The Hall–Kier alpha value is -1.96. The number of esters is 1. The molecule has 0 aliphatic carbocycles. The van der Waals surface area contributed by atoms with Crippen molar-refractivity contribution in [3.05, 3.63) is 11.1 Å². The molecule has 2 rings (SSSR count). The van der Waals surface area contributed by atoms with Gasteiger partial charge in [-0.2, -0.15) is 0 Å². The van der Waals surface area contributed by atoms with Crippen molar-refractivity contribution in [2.24, 2.45) is 0 Å². The van der Waals surface area contributed by atoms with Crippen molar-refractivity contribution in [1.82, 2.24) is 10.3 Å². The van der Waals surface area contributed by atoms with Crippen molar-refractivity contribution >= 4 is 34.3 Å². The maximum absolute atomic E-state index is 11.9. The van der Waals surface area contributed by atoms with Gasteiger partial charge in [0.1, 0.15) is 12.1 Å². The van der Waals surface area contributed by atoms with Gasteiger partial charge in [0.05, 0.1) is 18.7 Å². The lowest BCUT2D eigenvalue weighted by molar-refractivity contribution is -0.142. The van der Waals surface area contributed by atoms with Gasteiger partial charge in [0.25, 0.3) is 5.91 Å². The molecule has 0 spiro atoms. The highest BCUT2D eigenvalue weighted by atomic mass is 32.1. The van der Waals surface area contributed by atoms with E-state index in [1.54, 1.807) is 31.1 Å². The maximum Gasteiger partial charge on any atom is 0.311 e. The Labute approximate surface area is 126 Å². The standard InChI is InChI=1S/C13H17N3O4S/c1-4-20-10(18)5-8-7-21-12(14-8)16-6-9(17)15-11(19)13(16,2)3/h7H,4-6H2,1-3H3,(H,15,17,19). The van der Waals surface area contributed by atoms with Crippen molar-refractivity contribution < 1.29 is 19.1 Å². The Bertz CT molecular complexity index is 582. The Kier molecular flexibility index (Phi) is 4.26. The van der Waals surface area contributed by atoms with Crippen molar-refractivity contribution in [3.8, 4) is 0 Å². The van der Waals surface area contributed by atoms with E-state index in [1.165, 1.54) is 11.3 Å². The highest BCUT2D eigenvalue weighted by Crippen LogP contribution is 2.29. The van der Waals surface area contributed by atoms with Gasteiger partial charge in [-0.3, -0.25) is 19.7 Å². The molecule has 0 atom stereocenters. The Morgan fingerprint density at radius 2 is 2.24 bits per heavy atom. The summed E-state index contributed by atoms with van der Waals surface area (Å²) in [6, 6.07) is 0. The van der Waals surface area contributed by atoms with E-state index in [9.17, 15) is 14.4 Å². The van der Waals surface area contributed by atoms with Crippen molar-refractivity contribution in [2.75, 3.05) is 18.1 Å². The number of nitrogens with zero attached hydrogens (tertiary/aromatic N) is 2. The molecule has 2 amide bonds. The lowest BCUT2D eigenvalue weighted by Gasteiger charge is -2.39. The predicted molar refractivity (Wildman–Crippen MR) is 77.0 cm³/mol. The fourth-order valence-corrected chi connectivity index (χ4v) is 2.92. The zero-order chi connectivity index (χ0) is 15.6. The van der Waals surface area contributed by atoms with Gasteiger partial charge in [-0.15, -0.1) is 11.3 Å². The quantitative estimate of drug-likeness (QED) is 0.643. The van der Waals surface area contributed by atoms with Crippen LogP contribution in [0.3, 0.4) is 0 Å². The van der Waals surface area contributed by atoms with E-state index in [-0.39, 0.29) is 30.7 Å². The molecule has 0 saturated carbocycles. The molecule has 0 bridgehead atoms. The molecule has 2 heterocycles. The van der Waals surface area contributed by atoms with Gasteiger partial charge in [0.2, 0.25) is 5.91 Å². The van der Waals surface area contributed by atoms with E-state index in [0.717, 1.165) is 0 Å². The van der Waals surface area contributed by atoms with Gasteiger partial charge in [-0.05, 0) is 20.8 Å². The maximum atomic E-state index is 11.9. The molecule has 7 nitrogen and oxygen atoms in total. The molecular formula is C13H17N3O4S. The van der Waals surface area contributed by atoms with Gasteiger partial charge in [0.15, 0.2) is 5.13 Å². The zero-order valence-electron chi connectivity index (χ0n) is 12.1. The zero-order valence-corrected chi connectivity index (χ0v) is 13.0. The number of carbonyl (C=O) groups is 3. The van der Waals surface area contributed by atoms with Crippen LogP contribution in [0.5, 0.6) is 0 Å². The highest BCUT2D eigenvalue weighted by Gasteiger charge is 2.42. The number of ether oxygens (including phenoxy) is 1. The average Bonchev–Trinajstić information content (AvgIpc) is 2.82. The number of hydrogen-bond acceptors (Lipinski definition) is 7. The summed E-state index contributed by atoms with van der Waals surface area (Å²) < 4.78 is 4.87. The number of nitrogens with one attached hydrogen (secondary N) is 1. The number of imide groups is 1. The third-order valence-electron chi connectivity index (χ3n) is 3.19. The van der Waals surface area contributed by atoms with E-state index in [1.807, 2.05) is 0 Å². The average molecular weight is 311 g/mol. The van der Waals surface area contributed by atoms with Crippen LogP contribution in [0.1, 0.15) is 26.5 Å². The van der Waals surface area contributed by atoms with Gasteiger partial charge in [0, 0.05) is 5.38 Å². The molecule has 1 fully saturated rings. The van der Waals surface area contributed by atoms with Gasteiger partial charge in [-0.25, -0.2) is 4.98 Å². The fourth-order valence-electron chi connectivity index (χ4n) is 1.95. The molecule has 1 aliphatic heterocycles. The first kappa shape index (κ1) is 15.4. The first-order valence-electron chi connectivity index (χ1n) is 6.56. The molecule has 1 N–H and O–H groups in total. The number of carbonyl (C=O) groups excluding carboxylic acids is 3. The number of piperazine rings is 1. The second-order valence-corrected chi connectivity index (χ2v) is 5.96. The molecule has 114 valence electrons. The van der Waals surface area contributed by atoms with Crippen molar-refractivity contribution in [2.45, 2.75) is 32.7 Å². The van der Waals surface area contributed by atoms with Crippen LogP contribution >= 0.6 is 11.3 Å². The summed E-state index contributed by atoms with van der Waals surface area (Å²) in [5.74, 6) is -1.07. The number of aromatic nitrogens is 1. The van der Waals surface area contributed by atoms with E-state index < -0.39 is 5.54 Å². The highest BCUT2D eigenvalue weighted by molar-refractivity contribution is 7.13. The first-order valence-corrected chi connectivity index (χ1v) is 7.44. The smallest absolute Gasteiger partial charge is 0.311 e. The SMILES string of the molecule is CCOC(=O)Cc1csc(N2CC(=O)NC(=O)C2(C)C)n1. The molecule has 0 aromatic carbocycles. The predicted octanol–water partition coefficient (Wildman–Crippen LogP) is 0.490. The minimum atomic E-state index is -0.868. The van der Waals surface area contributed by atoms with Crippen LogP contribution in [0.2, 0.25) is 0 Å². The molecule has 1 saturated heterocycles. The van der Waals surface area contributed by atoms with E-state index in [0.29, 0.717) is 17.4 Å². The van der Waals surface area contributed by atoms with Crippen LogP contribution in [-0.4, -0.2) is 41.5 Å². The van der Waals surface area contributed by atoms with Crippen molar-refractivity contribution in [1.29, 1.82) is 0 Å². The summed E-state index contributed by atoms with van der Waals surface area (Å²) in [6.07, 6.45) is 0.0821. The molecule has 1 aliphatic rings. The topological polar surface area (TPSA) is 88.6 Å². The first-order chi connectivity index (χ1) is 9.84. The minimum absolute atomic E-state index is 0.0606. The van der Waals surface area contributed by atoms with Crippen LogP contribution in [0.4, 0.5) is 5.13 Å². The molecule has 8 heteroatoms. The summed E-state index contributed by atoms with van der Waals surface area (Å²) in [7, 11) is 0. The summed E-state index contributed by atoms with van der Waals surface area (Å²) in [6.45, 7) is 5.57. The van der Waals surface area contributed by atoms with Gasteiger partial charge in [-0.1, -0.05) is 0 Å². The van der Waals surface area contributed by atoms with Gasteiger partial charge < -0.3 is 9.64 Å². The Morgan fingerprint density at radius 3 is 2.90 bits per heavy atom. The van der Waals surface area contributed by atoms with Crippen LogP contribution in [0.15, 0.2) is 5.38 Å². The Balaban J connectivity index is 2.18. The van der Waals surface area contributed by atoms with Gasteiger partial charge >= 0.3 is 5.97 Å². The molecule has 0 radical (unpaired) electrons. The third-order valence-corrected chi connectivity index (χ3v) is 4.10.